The highest BCUT2D eigenvalue weighted by Crippen LogP contribution is 2.21. The zero-order chi connectivity index (χ0) is 13.1. The van der Waals surface area contributed by atoms with E-state index in [4.69, 9.17) is 5.73 Å². The molecule has 0 aliphatic carbocycles. The normalized spacial score (nSPS) is 13.5. The number of nitrogens with zero attached hydrogens (tertiary/aromatic N) is 1. The minimum atomic E-state index is -0.463. The van der Waals surface area contributed by atoms with Gasteiger partial charge in [0.1, 0.15) is 0 Å². The molecule has 0 spiro atoms. The number of aromatic amines is 1. The first-order chi connectivity index (χ1) is 7.84. The SMILES string of the molecule is CCC[C@H](N)C(=O)Nc1cc(C(C)(C)C)[nH]n1. The topological polar surface area (TPSA) is 83.8 Å². The van der Waals surface area contributed by atoms with E-state index in [0.29, 0.717) is 12.2 Å². The van der Waals surface area contributed by atoms with Crippen molar-refractivity contribution in [3.05, 3.63) is 11.8 Å². The summed E-state index contributed by atoms with van der Waals surface area (Å²) in [5.41, 5.74) is 6.69. The zero-order valence-electron chi connectivity index (χ0n) is 11.0. The molecule has 17 heavy (non-hydrogen) atoms. The molecule has 0 saturated carbocycles. The quantitative estimate of drug-likeness (QED) is 0.747. The number of carbonyl (C=O) groups is 1. The number of H-pyrrole nitrogens is 1. The van der Waals surface area contributed by atoms with Crippen molar-refractivity contribution in [1.82, 2.24) is 10.2 Å². The number of aromatic nitrogens is 2. The Balaban J connectivity index is 2.64. The third-order valence-corrected chi connectivity index (χ3v) is 2.57. The number of hydrogen-bond acceptors (Lipinski definition) is 3. The van der Waals surface area contributed by atoms with E-state index in [2.05, 4.69) is 36.3 Å². The van der Waals surface area contributed by atoms with Crippen molar-refractivity contribution in [2.75, 3.05) is 5.32 Å². The molecule has 1 heterocycles. The Hall–Kier alpha value is -1.36. The molecule has 1 atom stereocenters. The summed E-state index contributed by atoms with van der Waals surface area (Å²) in [6, 6.07) is 1.38. The molecule has 0 bridgehead atoms. The lowest BCUT2D eigenvalue weighted by atomic mass is 9.92. The van der Waals surface area contributed by atoms with Crippen LogP contribution in [0.1, 0.15) is 46.2 Å². The average Bonchev–Trinajstić information content (AvgIpc) is 2.66. The van der Waals surface area contributed by atoms with Crippen molar-refractivity contribution >= 4 is 11.7 Å². The second-order valence-corrected chi connectivity index (χ2v) is 5.30. The standard InChI is InChI=1S/C12H22N4O/c1-5-6-8(13)11(17)14-10-7-9(15-16-10)12(2,3)4/h7-8H,5-6,13H2,1-4H3,(H2,14,15,16,17)/t8-/m0/s1. The van der Waals surface area contributed by atoms with Gasteiger partial charge in [-0.3, -0.25) is 9.89 Å². The van der Waals surface area contributed by atoms with Gasteiger partial charge in [0.05, 0.1) is 6.04 Å². The van der Waals surface area contributed by atoms with Crippen molar-refractivity contribution in [2.45, 2.75) is 52.0 Å². The molecule has 0 aliphatic rings. The predicted molar refractivity (Wildman–Crippen MR) is 68.8 cm³/mol. The Morgan fingerprint density at radius 3 is 2.71 bits per heavy atom. The van der Waals surface area contributed by atoms with Crippen LogP contribution in [0.25, 0.3) is 0 Å². The van der Waals surface area contributed by atoms with E-state index < -0.39 is 6.04 Å². The molecular formula is C12H22N4O. The third kappa shape index (κ3) is 3.85. The molecule has 1 rings (SSSR count). The molecule has 5 heteroatoms. The fourth-order valence-corrected chi connectivity index (χ4v) is 1.43. The lowest BCUT2D eigenvalue weighted by molar-refractivity contribution is -0.117. The van der Waals surface area contributed by atoms with Crippen molar-refractivity contribution in [1.29, 1.82) is 0 Å². The fourth-order valence-electron chi connectivity index (χ4n) is 1.43. The highest BCUT2D eigenvalue weighted by Gasteiger charge is 2.18. The van der Waals surface area contributed by atoms with E-state index in [0.717, 1.165) is 12.1 Å². The van der Waals surface area contributed by atoms with Crippen LogP contribution in [0.15, 0.2) is 6.07 Å². The summed E-state index contributed by atoms with van der Waals surface area (Å²) in [6.45, 7) is 8.23. The predicted octanol–water partition coefficient (Wildman–Crippen LogP) is 1.77. The summed E-state index contributed by atoms with van der Waals surface area (Å²) < 4.78 is 0. The lowest BCUT2D eigenvalue weighted by Crippen LogP contribution is -2.35. The van der Waals surface area contributed by atoms with E-state index in [1.807, 2.05) is 13.0 Å². The molecule has 0 radical (unpaired) electrons. The second kappa shape index (κ2) is 5.31. The Bertz CT molecular complexity index is 378. The number of rotatable bonds is 4. The highest BCUT2D eigenvalue weighted by atomic mass is 16.2. The first-order valence-electron chi connectivity index (χ1n) is 5.97. The van der Waals surface area contributed by atoms with Crippen LogP contribution in [0.2, 0.25) is 0 Å². The smallest absolute Gasteiger partial charge is 0.242 e. The van der Waals surface area contributed by atoms with Gasteiger partial charge in [0.25, 0.3) is 0 Å². The van der Waals surface area contributed by atoms with Gasteiger partial charge >= 0.3 is 0 Å². The second-order valence-electron chi connectivity index (χ2n) is 5.30. The van der Waals surface area contributed by atoms with E-state index in [9.17, 15) is 4.79 Å². The monoisotopic (exact) mass is 238 g/mol. The molecule has 96 valence electrons. The van der Waals surface area contributed by atoms with Crippen molar-refractivity contribution in [3.8, 4) is 0 Å². The maximum atomic E-state index is 11.7. The van der Waals surface area contributed by atoms with Crippen LogP contribution in [0.3, 0.4) is 0 Å². The van der Waals surface area contributed by atoms with Gasteiger partial charge in [0.15, 0.2) is 5.82 Å². The van der Waals surface area contributed by atoms with Gasteiger partial charge in [-0.25, -0.2) is 0 Å². The number of nitrogens with one attached hydrogen (secondary N) is 2. The van der Waals surface area contributed by atoms with Crippen LogP contribution in [-0.4, -0.2) is 22.1 Å². The number of amides is 1. The van der Waals surface area contributed by atoms with Gasteiger partial charge in [-0.15, -0.1) is 0 Å². The first-order valence-corrected chi connectivity index (χ1v) is 5.97. The Morgan fingerprint density at radius 1 is 1.59 bits per heavy atom. The third-order valence-electron chi connectivity index (χ3n) is 2.57. The summed E-state index contributed by atoms with van der Waals surface area (Å²) in [4.78, 5) is 11.7. The minimum Gasteiger partial charge on any atom is -0.320 e. The number of nitrogens with two attached hydrogens (primary N) is 1. The van der Waals surface area contributed by atoms with Gasteiger partial charge < -0.3 is 11.1 Å². The molecule has 4 N–H and O–H groups in total. The number of hydrogen-bond donors (Lipinski definition) is 3. The van der Waals surface area contributed by atoms with Gasteiger partial charge in [-0.2, -0.15) is 5.10 Å². The van der Waals surface area contributed by atoms with Gasteiger partial charge in [-0.1, -0.05) is 34.1 Å². The molecular weight excluding hydrogens is 216 g/mol. The van der Waals surface area contributed by atoms with Crippen LogP contribution in [-0.2, 0) is 10.2 Å². The fraction of sp³-hybridized carbons (Fsp3) is 0.667. The van der Waals surface area contributed by atoms with Gasteiger partial charge in [0.2, 0.25) is 5.91 Å². The van der Waals surface area contributed by atoms with Crippen molar-refractivity contribution in [2.24, 2.45) is 5.73 Å². The van der Waals surface area contributed by atoms with Gasteiger partial charge in [0, 0.05) is 17.2 Å². The van der Waals surface area contributed by atoms with Crippen molar-refractivity contribution in [3.63, 3.8) is 0 Å². The summed E-state index contributed by atoms with van der Waals surface area (Å²) in [5, 5.41) is 9.68. The molecule has 5 nitrogen and oxygen atoms in total. The molecule has 1 aromatic heterocycles. The number of carbonyl (C=O) groups excluding carboxylic acids is 1. The van der Waals surface area contributed by atoms with Crippen LogP contribution in [0.5, 0.6) is 0 Å². The summed E-state index contributed by atoms with van der Waals surface area (Å²) in [6.07, 6.45) is 1.57. The molecule has 1 aromatic rings. The molecule has 0 aromatic carbocycles. The van der Waals surface area contributed by atoms with Crippen molar-refractivity contribution < 1.29 is 4.79 Å². The largest absolute Gasteiger partial charge is 0.320 e. The van der Waals surface area contributed by atoms with Crippen LogP contribution < -0.4 is 11.1 Å². The van der Waals surface area contributed by atoms with E-state index >= 15 is 0 Å². The molecule has 0 aliphatic heterocycles. The van der Waals surface area contributed by atoms with Gasteiger partial charge in [-0.05, 0) is 6.42 Å². The Labute approximate surface area is 102 Å². The molecule has 1 amide bonds. The molecule has 0 fully saturated rings. The summed E-state index contributed by atoms with van der Waals surface area (Å²) in [7, 11) is 0. The molecule has 0 saturated heterocycles. The van der Waals surface area contributed by atoms with Crippen LogP contribution >= 0.6 is 0 Å². The maximum Gasteiger partial charge on any atom is 0.242 e. The minimum absolute atomic E-state index is 0.0124. The van der Waals surface area contributed by atoms with E-state index in [1.54, 1.807) is 0 Å². The van der Waals surface area contributed by atoms with Crippen LogP contribution in [0, 0.1) is 0 Å². The Kier molecular flexibility index (Phi) is 4.28. The van der Waals surface area contributed by atoms with Crippen LogP contribution in [0.4, 0.5) is 5.82 Å². The summed E-state index contributed by atoms with van der Waals surface area (Å²) >= 11 is 0. The highest BCUT2D eigenvalue weighted by molar-refractivity contribution is 5.93. The van der Waals surface area contributed by atoms with E-state index in [1.165, 1.54) is 0 Å². The average molecular weight is 238 g/mol. The first kappa shape index (κ1) is 13.7. The van der Waals surface area contributed by atoms with E-state index in [-0.39, 0.29) is 11.3 Å². The lowest BCUT2D eigenvalue weighted by Gasteiger charge is -2.14. The zero-order valence-corrected chi connectivity index (χ0v) is 11.0. The number of anilines is 1. The summed E-state index contributed by atoms with van der Waals surface area (Å²) in [5.74, 6) is 0.352. The Morgan fingerprint density at radius 2 is 2.24 bits per heavy atom. The molecule has 0 unspecified atom stereocenters. The maximum absolute atomic E-state index is 11.7.